The van der Waals surface area contributed by atoms with Crippen LogP contribution in [0.3, 0.4) is 0 Å². The van der Waals surface area contributed by atoms with Gasteiger partial charge < -0.3 is 14.4 Å². The Hall–Kier alpha value is -1.06. The summed E-state index contributed by atoms with van der Waals surface area (Å²) in [7, 11) is 4.16. The first-order valence-corrected chi connectivity index (χ1v) is 5.67. The van der Waals surface area contributed by atoms with Gasteiger partial charge in [0.15, 0.2) is 0 Å². The van der Waals surface area contributed by atoms with Gasteiger partial charge in [-0.3, -0.25) is 0 Å². The third kappa shape index (κ3) is 2.97. The van der Waals surface area contributed by atoms with Crippen molar-refractivity contribution in [1.29, 1.82) is 0 Å². The minimum atomic E-state index is 0.315. The second-order valence-corrected chi connectivity index (χ2v) is 4.48. The molecular weight excluding hydrogens is 202 g/mol. The molecule has 1 heterocycles. The zero-order chi connectivity index (χ0) is 11.5. The fourth-order valence-corrected chi connectivity index (χ4v) is 1.52. The largest absolute Gasteiger partial charge is 0.491 e. The molecule has 0 aliphatic carbocycles. The maximum atomic E-state index is 5.66. The third-order valence-electron chi connectivity index (χ3n) is 2.95. The van der Waals surface area contributed by atoms with E-state index in [-0.39, 0.29) is 0 Å². The van der Waals surface area contributed by atoms with Crippen molar-refractivity contribution < 1.29 is 9.47 Å². The number of hydrogen-bond donors (Lipinski definition) is 0. The van der Waals surface area contributed by atoms with Crippen LogP contribution in [0.4, 0.5) is 0 Å². The lowest BCUT2D eigenvalue weighted by atomic mass is 10.1. The monoisotopic (exact) mass is 221 g/mol. The minimum absolute atomic E-state index is 0.315. The van der Waals surface area contributed by atoms with Crippen LogP contribution in [0, 0.1) is 0 Å². The summed E-state index contributed by atoms with van der Waals surface area (Å²) in [6.45, 7) is 3.69. The molecule has 0 radical (unpaired) electrons. The molecule has 3 nitrogen and oxygen atoms in total. The summed E-state index contributed by atoms with van der Waals surface area (Å²) in [6, 6.07) is 8.67. The topological polar surface area (TPSA) is 25.0 Å². The van der Waals surface area contributed by atoms with Crippen molar-refractivity contribution in [3.63, 3.8) is 0 Å². The predicted molar refractivity (Wildman–Crippen MR) is 63.8 cm³/mol. The second kappa shape index (κ2) is 4.85. The fourth-order valence-electron chi connectivity index (χ4n) is 1.52. The zero-order valence-electron chi connectivity index (χ0n) is 10.1. The highest BCUT2D eigenvalue weighted by Gasteiger charge is 2.23. The minimum Gasteiger partial charge on any atom is -0.491 e. The summed E-state index contributed by atoms with van der Waals surface area (Å²) in [5.41, 5.74) is 1.28. The molecule has 1 aromatic carbocycles. The first kappa shape index (κ1) is 11.4. The zero-order valence-corrected chi connectivity index (χ0v) is 10.1. The van der Waals surface area contributed by atoms with E-state index in [1.807, 2.05) is 12.1 Å². The predicted octanol–water partition coefficient (Wildman–Crippen LogP) is 2.09. The Balaban J connectivity index is 1.99. The van der Waals surface area contributed by atoms with Gasteiger partial charge >= 0.3 is 0 Å². The van der Waals surface area contributed by atoms with E-state index < -0.39 is 0 Å². The van der Waals surface area contributed by atoms with Crippen LogP contribution in [0.1, 0.15) is 18.5 Å². The van der Waals surface area contributed by atoms with E-state index in [1.54, 1.807) is 0 Å². The van der Waals surface area contributed by atoms with Crippen LogP contribution in [0.5, 0.6) is 5.75 Å². The van der Waals surface area contributed by atoms with Gasteiger partial charge in [0, 0.05) is 6.04 Å². The van der Waals surface area contributed by atoms with E-state index in [4.69, 9.17) is 9.47 Å². The van der Waals surface area contributed by atoms with Gasteiger partial charge in [0.05, 0.1) is 6.61 Å². The van der Waals surface area contributed by atoms with Gasteiger partial charge in [-0.15, -0.1) is 0 Å². The average Bonchev–Trinajstić information content (AvgIpc) is 3.09. The molecule has 0 N–H and O–H groups in total. The summed E-state index contributed by atoms with van der Waals surface area (Å²) in [4.78, 5) is 2.18. The number of hydrogen-bond acceptors (Lipinski definition) is 3. The number of benzene rings is 1. The Labute approximate surface area is 97.0 Å². The maximum absolute atomic E-state index is 5.66. The summed E-state index contributed by atoms with van der Waals surface area (Å²) in [6.07, 6.45) is 0.315. The number of nitrogens with zero attached hydrogens (tertiary/aromatic N) is 1. The molecule has 0 spiro atoms. The van der Waals surface area contributed by atoms with E-state index in [9.17, 15) is 0 Å². The molecule has 1 aliphatic heterocycles. The van der Waals surface area contributed by atoms with Gasteiger partial charge in [0.2, 0.25) is 0 Å². The van der Waals surface area contributed by atoms with E-state index in [0.717, 1.165) is 12.4 Å². The Morgan fingerprint density at radius 2 is 2.25 bits per heavy atom. The molecule has 1 aromatic rings. The molecule has 1 aliphatic rings. The van der Waals surface area contributed by atoms with Gasteiger partial charge in [0.1, 0.15) is 18.5 Å². The van der Waals surface area contributed by atoms with Crippen molar-refractivity contribution in [3.8, 4) is 5.75 Å². The van der Waals surface area contributed by atoms with Crippen molar-refractivity contribution in [1.82, 2.24) is 4.90 Å². The number of rotatable bonds is 5. The van der Waals surface area contributed by atoms with Crippen LogP contribution < -0.4 is 4.74 Å². The lowest BCUT2D eigenvalue weighted by Crippen LogP contribution is -2.16. The number of ether oxygens (including phenoxy) is 2. The molecule has 2 atom stereocenters. The molecule has 2 unspecified atom stereocenters. The Morgan fingerprint density at radius 3 is 2.88 bits per heavy atom. The summed E-state index contributed by atoms with van der Waals surface area (Å²) in [5, 5.41) is 0. The smallest absolute Gasteiger partial charge is 0.119 e. The molecule has 2 rings (SSSR count). The van der Waals surface area contributed by atoms with Gasteiger partial charge in [-0.25, -0.2) is 0 Å². The molecular formula is C13H19NO2. The molecule has 0 aromatic heterocycles. The van der Waals surface area contributed by atoms with Crippen molar-refractivity contribution in [2.45, 2.75) is 19.1 Å². The highest BCUT2D eigenvalue weighted by Crippen LogP contribution is 2.22. The van der Waals surface area contributed by atoms with Crippen molar-refractivity contribution in [2.75, 3.05) is 27.3 Å². The summed E-state index contributed by atoms with van der Waals surface area (Å²) in [5.74, 6) is 0.932. The van der Waals surface area contributed by atoms with Crippen LogP contribution >= 0.6 is 0 Å². The third-order valence-corrected chi connectivity index (χ3v) is 2.95. The normalized spacial score (nSPS) is 20.9. The Morgan fingerprint density at radius 1 is 1.50 bits per heavy atom. The van der Waals surface area contributed by atoms with Crippen LogP contribution in [0.15, 0.2) is 24.3 Å². The Kier molecular flexibility index (Phi) is 3.46. The maximum Gasteiger partial charge on any atom is 0.119 e. The van der Waals surface area contributed by atoms with Gasteiger partial charge in [-0.05, 0) is 38.7 Å². The van der Waals surface area contributed by atoms with Crippen LogP contribution in [0.2, 0.25) is 0 Å². The second-order valence-electron chi connectivity index (χ2n) is 4.48. The van der Waals surface area contributed by atoms with Crippen molar-refractivity contribution in [3.05, 3.63) is 29.8 Å². The molecule has 1 saturated heterocycles. The van der Waals surface area contributed by atoms with E-state index in [2.05, 4.69) is 38.1 Å². The van der Waals surface area contributed by atoms with Crippen LogP contribution in [-0.2, 0) is 4.74 Å². The molecule has 16 heavy (non-hydrogen) atoms. The van der Waals surface area contributed by atoms with Gasteiger partial charge in [0.25, 0.3) is 0 Å². The number of epoxide rings is 1. The highest BCUT2D eigenvalue weighted by molar-refractivity contribution is 5.30. The summed E-state index contributed by atoms with van der Waals surface area (Å²) >= 11 is 0. The fraction of sp³-hybridized carbons (Fsp3) is 0.538. The van der Waals surface area contributed by atoms with Crippen molar-refractivity contribution >= 4 is 0 Å². The first-order valence-electron chi connectivity index (χ1n) is 5.67. The quantitative estimate of drug-likeness (QED) is 0.712. The molecule has 0 bridgehead atoms. The van der Waals surface area contributed by atoms with Crippen LogP contribution in [-0.4, -0.2) is 38.3 Å². The molecule has 0 saturated carbocycles. The van der Waals surface area contributed by atoms with Gasteiger partial charge in [-0.1, -0.05) is 12.1 Å². The van der Waals surface area contributed by atoms with Gasteiger partial charge in [-0.2, -0.15) is 0 Å². The molecule has 0 amide bonds. The highest BCUT2D eigenvalue weighted by atomic mass is 16.6. The van der Waals surface area contributed by atoms with E-state index in [1.165, 1.54) is 5.56 Å². The van der Waals surface area contributed by atoms with E-state index in [0.29, 0.717) is 18.8 Å². The average molecular weight is 221 g/mol. The lowest BCUT2D eigenvalue weighted by molar-refractivity contribution is 0.261. The summed E-state index contributed by atoms with van der Waals surface area (Å²) < 4.78 is 10.8. The Bertz CT molecular complexity index is 348. The SMILES string of the molecule is CC(c1cccc(OCC2CO2)c1)N(C)C. The lowest BCUT2D eigenvalue weighted by Gasteiger charge is -2.20. The van der Waals surface area contributed by atoms with Crippen molar-refractivity contribution in [2.24, 2.45) is 0 Å². The standard InChI is InChI=1S/C13H19NO2/c1-10(14(2)3)11-5-4-6-12(7-11)15-8-13-9-16-13/h4-7,10,13H,8-9H2,1-3H3. The molecule has 3 heteroatoms. The molecule has 1 fully saturated rings. The first-order chi connectivity index (χ1) is 7.66. The van der Waals surface area contributed by atoms with E-state index >= 15 is 0 Å². The van der Waals surface area contributed by atoms with Crippen LogP contribution in [0.25, 0.3) is 0 Å². The molecule has 88 valence electrons.